The van der Waals surface area contributed by atoms with Crippen LogP contribution in [0.2, 0.25) is 0 Å². The fourth-order valence-corrected chi connectivity index (χ4v) is 2.53. The highest BCUT2D eigenvalue weighted by Gasteiger charge is 2.31. The monoisotopic (exact) mass is 229 g/mol. The molecule has 90 valence electrons. The summed E-state index contributed by atoms with van der Waals surface area (Å²) in [6, 6.07) is 12.4. The first-order valence-electron chi connectivity index (χ1n) is 6.44. The molecule has 0 atom stereocenters. The van der Waals surface area contributed by atoms with Gasteiger partial charge in [0, 0.05) is 6.42 Å². The van der Waals surface area contributed by atoms with Crippen molar-refractivity contribution < 1.29 is 4.74 Å². The maximum absolute atomic E-state index is 9.33. The summed E-state index contributed by atoms with van der Waals surface area (Å²) in [5.41, 5.74) is -0.118. The van der Waals surface area contributed by atoms with E-state index >= 15 is 0 Å². The second-order valence-electron chi connectivity index (χ2n) is 4.86. The number of nitriles is 1. The van der Waals surface area contributed by atoms with Crippen molar-refractivity contribution in [2.24, 2.45) is 5.41 Å². The molecule has 1 aromatic rings. The van der Waals surface area contributed by atoms with Gasteiger partial charge in [-0.15, -0.1) is 0 Å². The third kappa shape index (κ3) is 3.23. The lowest BCUT2D eigenvalue weighted by molar-refractivity contribution is 0.193. The molecule has 0 saturated heterocycles. The zero-order valence-electron chi connectivity index (χ0n) is 10.2. The van der Waals surface area contributed by atoms with Crippen LogP contribution < -0.4 is 4.74 Å². The highest BCUT2D eigenvalue weighted by Crippen LogP contribution is 2.38. The molecule has 0 radical (unpaired) electrons. The van der Waals surface area contributed by atoms with Crippen molar-refractivity contribution in [1.82, 2.24) is 0 Å². The van der Waals surface area contributed by atoms with Gasteiger partial charge >= 0.3 is 0 Å². The van der Waals surface area contributed by atoms with Crippen LogP contribution in [0.3, 0.4) is 0 Å². The van der Waals surface area contributed by atoms with Crippen molar-refractivity contribution in [3.8, 4) is 11.8 Å². The Labute approximate surface area is 103 Å². The summed E-state index contributed by atoms with van der Waals surface area (Å²) in [6.45, 7) is 0.650. The van der Waals surface area contributed by atoms with Crippen molar-refractivity contribution in [2.45, 2.75) is 38.5 Å². The molecule has 1 fully saturated rings. The molecule has 0 aliphatic heterocycles. The zero-order valence-corrected chi connectivity index (χ0v) is 10.2. The van der Waals surface area contributed by atoms with Gasteiger partial charge in [0.1, 0.15) is 5.75 Å². The third-order valence-corrected chi connectivity index (χ3v) is 3.64. The topological polar surface area (TPSA) is 33.0 Å². The van der Waals surface area contributed by atoms with Crippen LogP contribution in [-0.2, 0) is 0 Å². The summed E-state index contributed by atoms with van der Waals surface area (Å²) >= 11 is 0. The highest BCUT2D eigenvalue weighted by molar-refractivity contribution is 5.20. The molecule has 1 aliphatic carbocycles. The molecule has 0 aromatic heterocycles. The molecule has 0 unspecified atom stereocenters. The Morgan fingerprint density at radius 3 is 2.47 bits per heavy atom. The second-order valence-corrected chi connectivity index (χ2v) is 4.86. The Morgan fingerprint density at radius 2 is 1.82 bits per heavy atom. The molecule has 2 heteroatoms. The smallest absolute Gasteiger partial charge is 0.119 e. The Hall–Kier alpha value is -1.49. The molecule has 17 heavy (non-hydrogen) atoms. The number of ether oxygens (including phenoxy) is 1. The summed E-state index contributed by atoms with van der Waals surface area (Å²) in [6.07, 6.45) is 6.61. The summed E-state index contributed by atoms with van der Waals surface area (Å²) in [5.74, 6) is 0.899. The summed E-state index contributed by atoms with van der Waals surface area (Å²) < 4.78 is 5.68. The number of hydrogen-bond acceptors (Lipinski definition) is 2. The second kappa shape index (κ2) is 5.72. The third-order valence-electron chi connectivity index (χ3n) is 3.64. The lowest BCUT2D eigenvalue weighted by Gasteiger charge is -2.30. The molecule has 0 bridgehead atoms. The maximum Gasteiger partial charge on any atom is 0.119 e. The van der Waals surface area contributed by atoms with E-state index in [0.29, 0.717) is 6.61 Å². The number of benzene rings is 1. The van der Waals surface area contributed by atoms with Crippen LogP contribution >= 0.6 is 0 Å². The predicted molar refractivity (Wildman–Crippen MR) is 67.7 cm³/mol. The van der Waals surface area contributed by atoms with E-state index in [-0.39, 0.29) is 5.41 Å². The van der Waals surface area contributed by atoms with Gasteiger partial charge in [-0.1, -0.05) is 37.5 Å². The first-order valence-corrected chi connectivity index (χ1v) is 6.44. The fourth-order valence-electron chi connectivity index (χ4n) is 2.53. The van der Waals surface area contributed by atoms with Crippen LogP contribution in [-0.4, -0.2) is 6.61 Å². The van der Waals surface area contributed by atoms with E-state index in [0.717, 1.165) is 25.0 Å². The molecule has 0 heterocycles. The summed E-state index contributed by atoms with van der Waals surface area (Å²) in [5, 5.41) is 9.33. The van der Waals surface area contributed by atoms with Crippen LogP contribution in [0, 0.1) is 16.7 Å². The molecule has 2 rings (SSSR count). The minimum Gasteiger partial charge on any atom is -0.494 e. The van der Waals surface area contributed by atoms with Gasteiger partial charge < -0.3 is 4.74 Å². The van der Waals surface area contributed by atoms with Crippen molar-refractivity contribution in [3.63, 3.8) is 0 Å². The number of nitrogens with zero attached hydrogens (tertiary/aromatic N) is 1. The van der Waals surface area contributed by atoms with Gasteiger partial charge in [0.25, 0.3) is 0 Å². The van der Waals surface area contributed by atoms with E-state index in [4.69, 9.17) is 4.74 Å². The van der Waals surface area contributed by atoms with Crippen molar-refractivity contribution >= 4 is 0 Å². The molecule has 0 N–H and O–H groups in total. The van der Waals surface area contributed by atoms with Gasteiger partial charge in [0.15, 0.2) is 0 Å². The zero-order chi connectivity index (χ0) is 12.0. The van der Waals surface area contributed by atoms with Gasteiger partial charge in [-0.3, -0.25) is 0 Å². The van der Waals surface area contributed by atoms with E-state index in [9.17, 15) is 5.26 Å². The fraction of sp³-hybridized carbons (Fsp3) is 0.533. The van der Waals surface area contributed by atoms with Crippen LogP contribution in [0.15, 0.2) is 30.3 Å². The number of hydrogen-bond donors (Lipinski definition) is 0. The van der Waals surface area contributed by atoms with Crippen molar-refractivity contribution in [1.29, 1.82) is 5.26 Å². The van der Waals surface area contributed by atoms with Gasteiger partial charge in [-0.25, -0.2) is 0 Å². The minimum absolute atomic E-state index is 0.118. The molecular weight excluding hydrogens is 210 g/mol. The quantitative estimate of drug-likeness (QED) is 0.783. The van der Waals surface area contributed by atoms with E-state index in [1.807, 2.05) is 30.3 Å². The minimum atomic E-state index is -0.118. The Kier molecular flexibility index (Phi) is 4.03. The largest absolute Gasteiger partial charge is 0.494 e. The molecule has 0 spiro atoms. The summed E-state index contributed by atoms with van der Waals surface area (Å²) in [7, 11) is 0. The molecule has 1 aliphatic rings. The Morgan fingerprint density at radius 1 is 1.12 bits per heavy atom. The maximum atomic E-state index is 9.33. The van der Waals surface area contributed by atoms with Crippen LogP contribution in [0.5, 0.6) is 5.75 Å². The van der Waals surface area contributed by atoms with Crippen molar-refractivity contribution in [3.05, 3.63) is 30.3 Å². The van der Waals surface area contributed by atoms with E-state index < -0.39 is 0 Å². The molecule has 0 amide bonds. The molecular formula is C15H19NO. The van der Waals surface area contributed by atoms with Gasteiger partial charge in [-0.2, -0.15) is 5.26 Å². The van der Waals surface area contributed by atoms with E-state index in [1.54, 1.807) is 0 Å². The lowest BCUT2D eigenvalue weighted by atomic mass is 9.73. The SMILES string of the molecule is N#CC1(CCOc2ccccc2)CCCCC1. The normalized spacial score (nSPS) is 18.3. The summed E-state index contributed by atoms with van der Waals surface area (Å²) in [4.78, 5) is 0. The average Bonchev–Trinajstić information content (AvgIpc) is 2.41. The van der Waals surface area contributed by atoms with E-state index in [2.05, 4.69) is 6.07 Å². The lowest BCUT2D eigenvalue weighted by Crippen LogP contribution is -2.24. The van der Waals surface area contributed by atoms with Gasteiger partial charge in [0.05, 0.1) is 18.1 Å². The van der Waals surface area contributed by atoms with Crippen LogP contribution in [0.25, 0.3) is 0 Å². The molecule has 1 saturated carbocycles. The molecule has 1 aromatic carbocycles. The Balaban J connectivity index is 1.83. The van der Waals surface area contributed by atoms with Crippen LogP contribution in [0.4, 0.5) is 0 Å². The first-order chi connectivity index (χ1) is 8.35. The predicted octanol–water partition coefficient (Wildman–Crippen LogP) is 3.93. The van der Waals surface area contributed by atoms with E-state index in [1.165, 1.54) is 19.3 Å². The first kappa shape index (κ1) is 12.0. The molecule has 2 nitrogen and oxygen atoms in total. The van der Waals surface area contributed by atoms with Gasteiger partial charge in [0.2, 0.25) is 0 Å². The van der Waals surface area contributed by atoms with Gasteiger partial charge in [-0.05, 0) is 25.0 Å². The van der Waals surface area contributed by atoms with Crippen LogP contribution in [0.1, 0.15) is 38.5 Å². The number of para-hydroxylation sites is 1. The number of rotatable bonds is 4. The van der Waals surface area contributed by atoms with Crippen molar-refractivity contribution in [2.75, 3.05) is 6.61 Å². The average molecular weight is 229 g/mol. The standard InChI is InChI=1S/C15H19NO/c16-13-15(9-5-2-6-10-15)11-12-17-14-7-3-1-4-8-14/h1,3-4,7-8H,2,5-6,9-12H2. The highest BCUT2D eigenvalue weighted by atomic mass is 16.5. The Bertz CT molecular complexity index is 374.